The predicted octanol–water partition coefficient (Wildman–Crippen LogP) is 7.94. The molecule has 1 aromatic carbocycles. The summed E-state index contributed by atoms with van der Waals surface area (Å²) >= 11 is 0. The molecule has 0 unspecified atom stereocenters. The Kier molecular flexibility index (Phi) is 9.34. The van der Waals surface area contributed by atoms with E-state index < -0.39 is 30.7 Å². The Morgan fingerprint density at radius 3 is 2.20 bits per heavy atom. The van der Waals surface area contributed by atoms with Gasteiger partial charge in [-0.25, -0.2) is 0 Å². The van der Waals surface area contributed by atoms with Crippen LogP contribution in [-0.4, -0.2) is 48.4 Å². The first-order chi connectivity index (χ1) is 21.1. The van der Waals surface area contributed by atoms with Gasteiger partial charge in [-0.2, -0.15) is 16.8 Å². The van der Waals surface area contributed by atoms with Crippen molar-refractivity contribution >= 4 is 20.2 Å². The molecule has 1 aromatic rings. The van der Waals surface area contributed by atoms with Crippen LogP contribution >= 0.6 is 0 Å². The van der Waals surface area contributed by atoms with E-state index in [1.807, 2.05) is 0 Å². The SMILES string of the molecule is CC1=C(Cc2cc(S(=O)(=O)O)ccc2S(=O)(=O)O)[C@]2(C)CCC[C@@](C)(CC[C@@]3(O)[C@H](C)CC[C@@H]4OC(C)(C)CCC[C@@]43C)[C@H]2CC1. The molecule has 3 aliphatic carbocycles. The molecule has 1 heterocycles. The van der Waals surface area contributed by atoms with Crippen LogP contribution in [0.4, 0.5) is 0 Å². The van der Waals surface area contributed by atoms with E-state index in [9.17, 15) is 31.0 Å². The monoisotopic (exact) mass is 680 g/mol. The maximum absolute atomic E-state index is 12.7. The van der Waals surface area contributed by atoms with Crippen molar-refractivity contribution in [2.75, 3.05) is 0 Å². The van der Waals surface area contributed by atoms with Gasteiger partial charge in [0.1, 0.15) is 0 Å². The normalized spacial score (nSPS) is 38.5. The quantitative estimate of drug-likeness (QED) is 0.195. The van der Waals surface area contributed by atoms with Gasteiger partial charge in [0.2, 0.25) is 0 Å². The topological polar surface area (TPSA) is 138 Å². The molecule has 0 radical (unpaired) electrons. The molecule has 5 rings (SSSR count). The second-order valence-corrected chi connectivity index (χ2v) is 19.5. The summed E-state index contributed by atoms with van der Waals surface area (Å²) in [5.74, 6) is 0.442. The van der Waals surface area contributed by atoms with Crippen LogP contribution in [0.15, 0.2) is 39.1 Å². The van der Waals surface area contributed by atoms with Gasteiger partial charge in [-0.05, 0) is 144 Å². The van der Waals surface area contributed by atoms with Gasteiger partial charge in [0.15, 0.2) is 0 Å². The third-order valence-electron chi connectivity index (χ3n) is 13.4. The van der Waals surface area contributed by atoms with E-state index in [1.54, 1.807) is 0 Å². The molecule has 0 aromatic heterocycles. The smallest absolute Gasteiger partial charge is 0.294 e. The first-order valence-electron chi connectivity index (χ1n) is 17.2. The first-order valence-corrected chi connectivity index (χ1v) is 20.1. The molecule has 7 atom stereocenters. The van der Waals surface area contributed by atoms with Crippen LogP contribution in [0.1, 0.15) is 131 Å². The molecule has 3 N–H and O–H groups in total. The number of allylic oxidation sites excluding steroid dienone is 2. The highest BCUT2D eigenvalue weighted by Crippen LogP contribution is 2.63. The minimum atomic E-state index is -4.63. The first kappa shape index (κ1) is 36.0. The largest absolute Gasteiger partial charge is 0.389 e. The zero-order valence-electron chi connectivity index (χ0n) is 28.9. The lowest BCUT2D eigenvalue weighted by Gasteiger charge is -2.59. The van der Waals surface area contributed by atoms with E-state index in [0.29, 0.717) is 6.42 Å². The Hall–Kier alpha value is -1.30. The zero-order chi connectivity index (χ0) is 34.1. The molecule has 1 saturated heterocycles. The van der Waals surface area contributed by atoms with Crippen LogP contribution in [0.5, 0.6) is 0 Å². The molecule has 4 aliphatic rings. The molecule has 1 aliphatic heterocycles. The average molecular weight is 681 g/mol. The average Bonchev–Trinajstić information content (AvgIpc) is 3.06. The predicted molar refractivity (Wildman–Crippen MR) is 179 cm³/mol. The molecule has 2 saturated carbocycles. The fourth-order valence-corrected chi connectivity index (χ4v) is 11.9. The van der Waals surface area contributed by atoms with Crippen LogP contribution < -0.4 is 0 Å². The van der Waals surface area contributed by atoms with E-state index in [4.69, 9.17) is 4.74 Å². The molecule has 0 spiro atoms. The lowest BCUT2D eigenvalue weighted by molar-refractivity contribution is -0.229. The van der Waals surface area contributed by atoms with E-state index >= 15 is 0 Å². The maximum atomic E-state index is 12.7. The summed E-state index contributed by atoms with van der Waals surface area (Å²) < 4.78 is 75.2. The van der Waals surface area contributed by atoms with Crippen molar-refractivity contribution in [2.45, 2.75) is 159 Å². The summed E-state index contributed by atoms with van der Waals surface area (Å²) in [7, 11) is -9.21. The van der Waals surface area contributed by atoms with Crippen LogP contribution in [0.3, 0.4) is 0 Å². The highest BCUT2D eigenvalue weighted by atomic mass is 32.2. The van der Waals surface area contributed by atoms with Gasteiger partial charge in [-0.3, -0.25) is 9.11 Å². The van der Waals surface area contributed by atoms with Crippen molar-refractivity contribution in [1.82, 2.24) is 0 Å². The number of fused-ring (bicyclic) bond motifs is 2. The Morgan fingerprint density at radius 2 is 1.54 bits per heavy atom. The number of ether oxygens (including phenoxy) is 1. The second-order valence-electron chi connectivity index (χ2n) is 16.7. The van der Waals surface area contributed by atoms with Crippen molar-refractivity contribution in [1.29, 1.82) is 0 Å². The van der Waals surface area contributed by atoms with Gasteiger partial charge < -0.3 is 9.84 Å². The van der Waals surface area contributed by atoms with E-state index in [0.717, 1.165) is 93.9 Å². The van der Waals surface area contributed by atoms with Crippen molar-refractivity contribution in [3.8, 4) is 0 Å². The van der Waals surface area contributed by atoms with Crippen LogP contribution in [-0.2, 0) is 31.4 Å². The molecule has 0 amide bonds. The summed E-state index contributed by atoms with van der Waals surface area (Å²) in [5, 5.41) is 12.7. The number of hydrogen-bond acceptors (Lipinski definition) is 6. The number of benzene rings is 1. The molecule has 0 bridgehead atoms. The molecular weight excluding hydrogens is 625 g/mol. The third-order valence-corrected chi connectivity index (χ3v) is 15.2. The Balaban J connectivity index is 1.47. The van der Waals surface area contributed by atoms with Gasteiger partial charge in [-0.15, -0.1) is 0 Å². The minimum absolute atomic E-state index is 0.0259. The van der Waals surface area contributed by atoms with Gasteiger partial charge >= 0.3 is 0 Å². The van der Waals surface area contributed by atoms with Gasteiger partial charge in [0.05, 0.1) is 27.1 Å². The Morgan fingerprint density at radius 1 is 0.870 bits per heavy atom. The summed E-state index contributed by atoms with van der Waals surface area (Å²) in [4.78, 5) is -0.735. The van der Waals surface area contributed by atoms with Crippen LogP contribution in [0, 0.1) is 28.1 Å². The van der Waals surface area contributed by atoms with Gasteiger partial charge in [0, 0.05) is 5.41 Å². The van der Waals surface area contributed by atoms with Crippen LogP contribution in [0.25, 0.3) is 0 Å². The molecule has 260 valence electrons. The highest BCUT2D eigenvalue weighted by molar-refractivity contribution is 7.86. The second kappa shape index (κ2) is 11.9. The molecule has 8 nitrogen and oxygen atoms in total. The van der Waals surface area contributed by atoms with E-state index in [1.165, 1.54) is 6.07 Å². The van der Waals surface area contributed by atoms with Crippen molar-refractivity contribution in [2.24, 2.45) is 28.1 Å². The van der Waals surface area contributed by atoms with E-state index in [2.05, 4.69) is 48.5 Å². The van der Waals surface area contributed by atoms with Crippen molar-refractivity contribution in [3.63, 3.8) is 0 Å². The lowest BCUT2D eigenvalue weighted by atomic mass is 9.47. The third kappa shape index (κ3) is 6.28. The summed E-state index contributed by atoms with van der Waals surface area (Å²) in [6, 6.07) is 3.25. The summed E-state index contributed by atoms with van der Waals surface area (Å²) in [6.07, 6.45) is 11.4. The number of rotatable bonds is 7. The zero-order valence-corrected chi connectivity index (χ0v) is 30.5. The number of hydrogen-bond donors (Lipinski definition) is 3. The minimum Gasteiger partial charge on any atom is -0.389 e. The standard InChI is InChI=1S/C36H56O8S2/c1-24-10-14-30-33(5,20-21-36(37)25(2)11-15-31-35(36,7)19-8-16-32(3,4)44-31)17-9-18-34(30,6)28(24)23-26-22-27(45(38,39)40)12-13-29(26)46(41,42)43/h12-13,22,25,30-31,37H,8-11,14-21,23H2,1-7H3,(H,38,39,40)(H,41,42,43)/t25-,30-,31+,33+,34+,35+,36-/m1/s1. The van der Waals surface area contributed by atoms with E-state index in [-0.39, 0.29) is 56.7 Å². The van der Waals surface area contributed by atoms with Gasteiger partial charge in [0.25, 0.3) is 20.2 Å². The molecule has 10 heteroatoms. The maximum Gasteiger partial charge on any atom is 0.294 e. The molecular formula is C36H56O8S2. The van der Waals surface area contributed by atoms with Crippen molar-refractivity contribution in [3.05, 3.63) is 34.9 Å². The lowest BCUT2D eigenvalue weighted by Crippen LogP contribution is -2.61. The molecule has 3 fully saturated rings. The molecule has 46 heavy (non-hydrogen) atoms. The summed E-state index contributed by atoms with van der Waals surface area (Å²) in [6.45, 7) is 15.5. The fraction of sp³-hybridized carbons (Fsp3) is 0.778. The number of aliphatic hydroxyl groups is 1. The highest BCUT2D eigenvalue weighted by Gasteiger charge is 2.60. The Labute approximate surface area is 277 Å². The van der Waals surface area contributed by atoms with Crippen molar-refractivity contribution < 1.29 is 35.8 Å². The Bertz CT molecular complexity index is 1600. The van der Waals surface area contributed by atoms with Gasteiger partial charge in [-0.1, -0.05) is 45.3 Å². The van der Waals surface area contributed by atoms with Crippen LogP contribution in [0.2, 0.25) is 0 Å². The fourth-order valence-electron chi connectivity index (χ4n) is 10.7. The summed E-state index contributed by atoms with van der Waals surface area (Å²) in [5.41, 5.74) is 0.704.